The van der Waals surface area contributed by atoms with Crippen LogP contribution in [-0.4, -0.2) is 30.8 Å². The molecule has 1 atom stereocenters. The quantitative estimate of drug-likeness (QED) is 0.352. The highest BCUT2D eigenvalue weighted by molar-refractivity contribution is 5.93. The van der Waals surface area contributed by atoms with Gasteiger partial charge in [-0.25, -0.2) is 4.39 Å². The van der Waals surface area contributed by atoms with Gasteiger partial charge in [0.05, 0.1) is 5.92 Å². The molecule has 0 aromatic heterocycles. The van der Waals surface area contributed by atoms with Crippen LogP contribution in [-0.2, 0) is 22.7 Å². The summed E-state index contributed by atoms with van der Waals surface area (Å²) in [5.74, 6) is -0.423. The minimum absolute atomic E-state index is 0.0200. The van der Waals surface area contributed by atoms with Gasteiger partial charge in [0.15, 0.2) is 0 Å². The molecular formula is C31H36FN3O2. The number of rotatable bonds is 10. The van der Waals surface area contributed by atoms with Crippen molar-refractivity contribution in [3.8, 4) is 0 Å². The van der Waals surface area contributed by atoms with Crippen molar-refractivity contribution in [3.63, 3.8) is 0 Å². The molecule has 3 aromatic carbocycles. The summed E-state index contributed by atoms with van der Waals surface area (Å²) in [6.07, 6.45) is 3.64. The predicted molar refractivity (Wildman–Crippen MR) is 147 cm³/mol. The monoisotopic (exact) mass is 501 g/mol. The lowest BCUT2D eigenvalue weighted by molar-refractivity contribution is -0.134. The number of nitrogens with zero attached hydrogens (tertiary/aromatic N) is 2. The molecule has 194 valence electrons. The molecule has 1 N–H and O–H groups in total. The van der Waals surface area contributed by atoms with Gasteiger partial charge in [-0.05, 0) is 66.3 Å². The molecule has 6 heteroatoms. The van der Waals surface area contributed by atoms with E-state index in [4.69, 9.17) is 0 Å². The minimum atomic E-state index is -0.304. The Labute approximate surface area is 219 Å². The molecule has 1 saturated carbocycles. The summed E-state index contributed by atoms with van der Waals surface area (Å²) >= 11 is 0. The summed E-state index contributed by atoms with van der Waals surface area (Å²) < 4.78 is 13.6. The zero-order valence-electron chi connectivity index (χ0n) is 21.9. The minimum Gasteiger partial charge on any atom is -0.377 e. The van der Waals surface area contributed by atoms with Crippen LogP contribution >= 0.6 is 0 Å². The number of amides is 2. The lowest BCUT2D eigenvalue weighted by atomic mass is 9.85. The summed E-state index contributed by atoms with van der Waals surface area (Å²) in [5.41, 5.74) is 4.50. The third-order valence-electron chi connectivity index (χ3n) is 7.17. The third kappa shape index (κ3) is 6.56. The molecule has 1 aliphatic carbocycles. The van der Waals surface area contributed by atoms with E-state index in [0.717, 1.165) is 47.3 Å². The Morgan fingerprint density at radius 1 is 0.973 bits per heavy atom. The predicted octanol–water partition coefficient (Wildman–Crippen LogP) is 6.35. The van der Waals surface area contributed by atoms with Crippen molar-refractivity contribution in [2.45, 2.75) is 51.6 Å². The van der Waals surface area contributed by atoms with Crippen LogP contribution in [0.4, 0.5) is 15.8 Å². The number of carbonyl (C=O) groups excluding carboxylic acids is 2. The van der Waals surface area contributed by atoms with Crippen molar-refractivity contribution in [3.05, 3.63) is 95.3 Å². The van der Waals surface area contributed by atoms with Gasteiger partial charge in [-0.3, -0.25) is 9.59 Å². The van der Waals surface area contributed by atoms with Crippen LogP contribution in [0.25, 0.3) is 0 Å². The fourth-order valence-corrected chi connectivity index (χ4v) is 4.83. The Hall–Kier alpha value is -3.67. The summed E-state index contributed by atoms with van der Waals surface area (Å²) in [6, 6.07) is 22.0. The second-order valence-corrected chi connectivity index (χ2v) is 10.0. The highest BCUT2D eigenvalue weighted by Crippen LogP contribution is 2.31. The normalized spacial score (nSPS) is 13.9. The van der Waals surface area contributed by atoms with E-state index < -0.39 is 0 Å². The number of anilines is 2. The van der Waals surface area contributed by atoms with Gasteiger partial charge < -0.3 is 15.1 Å². The number of halogens is 1. The molecular weight excluding hydrogens is 465 g/mol. The van der Waals surface area contributed by atoms with E-state index in [1.807, 2.05) is 79.3 Å². The Bertz CT molecular complexity index is 1210. The molecule has 2 amide bonds. The molecule has 0 saturated heterocycles. The Morgan fingerprint density at radius 3 is 2.27 bits per heavy atom. The first-order valence-corrected chi connectivity index (χ1v) is 13.0. The first-order valence-electron chi connectivity index (χ1n) is 13.0. The lowest BCUT2D eigenvalue weighted by Gasteiger charge is -2.30. The molecule has 0 heterocycles. The van der Waals surface area contributed by atoms with Crippen molar-refractivity contribution < 1.29 is 14.0 Å². The summed E-state index contributed by atoms with van der Waals surface area (Å²) in [5, 5.41) is 3.07. The molecule has 0 spiro atoms. The summed E-state index contributed by atoms with van der Waals surface area (Å²) in [6.45, 7) is 2.74. The SMILES string of the molecule is CCC(C(=O)N(Cc1ccc(F)cc1)Cc1cc(NC(=O)C2CCC2)ccc1N(C)C)c1ccccc1. The van der Waals surface area contributed by atoms with Crippen molar-refractivity contribution >= 4 is 23.2 Å². The molecule has 3 aromatic rings. The van der Waals surface area contributed by atoms with Gasteiger partial charge in [0.1, 0.15) is 5.82 Å². The molecule has 1 fully saturated rings. The van der Waals surface area contributed by atoms with Crippen LogP contribution in [0.5, 0.6) is 0 Å². The van der Waals surface area contributed by atoms with Gasteiger partial charge in [-0.1, -0.05) is 55.8 Å². The highest BCUT2D eigenvalue weighted by atomic mass is 19.1. The Kier molecular flexibility index (Phi) is 8.59. The Balaban J connectivity index is 1.66. The first-order chi connectivity index (χ1) is 17.9. The molecule has 1 unspecified atom stereocenters. The zero-order chi connectivity index (χ0) is 26.4. The van der Waals surface area contributed by atoms with Gasteiger partial charge in [0.25, 0.3) is 0 Å². The molecule has 0 aliphatic heterocycles. The Morgan fingerprint density at radius 2 is 1.68 bits per heavy atom. The molecule has 0 radical (unpaired) electrons. The fraction of sp³-hybridized carbons (Fsp3) is 0.355. The van der Waals surface area contributed by atoms with E-state index in [1.54, 1.807) is 12.1 Å². The summed E-state index contributed by atoms with van der Waals surface area (Å²) in [7, 11) is 3.94. The summed E-state index contributed by atoms with van der Waals surface area (Å²) in [4.78, 5) is 30.4. The van der Waals surface area contributed by atoms with Crippen LogP contribution < -0.4 is 10.2 Å². The largest absolute Gasteiger partial charge is 0.377 e. The average Bonchev–Trinajstić information content (AvgIpc) is 2.85. The smallest absolute Gasteiger partial charge is 0.230 e. The topological polar surface area (TPSA) is 52.7 Å². The van der Waals surface area contributed by atoms with Gasteiger partial charge in [-0.2, -0.15) is 0 Å². The zero-order valence-corrected chi connectivity index (χ0v) is 21.9. The van der Waals surface area contributed by atoms with Crippen LogP contribution in [0.3, 0.4) is 0 Å². The third-order valence-corrected chi connectivity index (χ3v) is 7.17. The average molecular weight is 502 g/mol. The number of hydrogen-bond donors (Lipinski definition) is 1. The van der Waals surface area contributed by atoms with Gasteiger partial charge >= 0.3 is 0 Å². The van der Waals surface area contributed by atoms with E-state index in [2.05, 4.69) is 5.32 Å². The number of nitrogens with one attached hydrogen (secondary N) is 1. The second kappa shape index (κ2) is 12.0. The van der Waals surface area contributed by atoms with Crippen LogP contribution in [0, 0.1) is 11.7 Å². The fourth-order valence-electron chi connectivity index (χ4n) is 4.83. The molecule has 1 aliphatic rings. The van der Waals surface area contributed by atoms with E-state index in [0.29, 0.717) is 19.5 Å². The number of benzene rings is 3. The van der Waals surface area contributed by atoms with E-state index >= 15 is 0 Å². The second-order valence-electron chi connectivity index (χ2n) is 10.0. The highest BCUT2D eigenvalue weighted by Gasteiger charge is 2.27. The van der Waals surface area contributed by atoms with Crippen molar-refractivity contribution in [1.82, 2.24) is 4.90 Å². The van der Waals surface area contributed by atoms with Crippen molar-refractivity contribution in [1.29, 1.82) is 0 Å². The lowest BCUT2D eigenvalue weighted by Crippen LogP contribution is -2.35. The van der Waals surface area contributed by atoms with E-state index in [9.17, 15) is 14.0 Å². The van der Waals surface area contributed by atoms with Gasteiger partial charge in [0.2, 0.25) is 11.8 Å². The molecule has 5 nitrogen and oxygen atoms in total. The number of carbonyl (C=O) groups is 2. The van der Waals surface area contributed by atoms with Crippen molar-refractivity contribution in [2.75, 3.05) is 24.3 Å². The maximum Gasteiger partial charge on any atom is 0.230 e. The standard InChI is InChI=1S/C31H36FN3O2/c1-4-28(23-9-6-5-7-10-23)31(37)35(20-22-13-15-26(32)16-14-22)21-25-19-27(17-18-29(25)34(2)3)33-30(36)24-11-8-12-24/h5-7,9-10,13-19,24,28H,4,8,11-12,20-21H2,1-3H3,(H,33,36). The molecule has 37 heavy (non-hydrogen) atoms. The molecule has 0 bridgehead atoms. The maximum atomic E-state index is 14.0. The van der Waals surface area contributed by atoms with Gasteiger partial charge in [0, 0.05) is 44.5 Å². The van der Waals surface area contributed by atoms with Gasteiger partial charge in [-0.15, -0.1) is 0 Å². The first kappa shape index (κ1) is 26.4. The van der Waals surface area contributed by atoms with Crippen molar-refractivity contribution in [2.24, 2.45) is 5.92 Å². The maximum absolute atomic E-state index is 14.0. The van der Waals surface area contributed by atoms with Crippen LogP contribution in [0.1, 0.15) is 55.2 Å². The number of hydrogen-bond acceptors (Lipinski definition) is 3. The van der Waals surface area contributed by atoms with E-state index in [1.165, 1.54) is 12.1 Å². The van der Waals surface area contributed by atoms with Crippen LogP contribution in [0.2, 0.25) is 0 Å². The van der Waals surface area contributed by atoms with Crippen LogP contribution in [0.15, 0.2) is 72.8 Å². The molecule has 4 rings (SSSR count). The van der Waals surface area contributed by atoms with E-state index in [-0.39, 0.29) is 29.5 Å².